The Balaban J connectivity index is 1.67. The maximum absolute atomic E-state index is 10.2. The average molecular weight is 445 g/mol. The number of piperazine rings is 1. The van der Waals surface area contributed by atoms with Crippen molar-refractivity contribution >= 4 is 5.84 Å². The van der Waals surface area contributed by atoms with Gasteiger partial charge in [0.15, 0.2) is 5.84 Å². The number of phenolic OH excluding ortho intramolecular Hbond substituents is 1. The Morgan fingerprint density at radius 3 is 2.33 bits per heavy atom. The lowest BCUT2D eigenvalue weighted by Crippen LogP contribution is -2.56. The summed E-state index contributed by atoms with van der Waals surface area (Å²) in [5, 5.41) is 22.5. The van der Waals surface area contributed by atoms with Crippen molar-refractivity contribution in [3.8, 4) is 5.75 Å². The van der Waals surface area contributed by atoms with Crippen LogP contribution in [0.5, 0.6) is 5.75 Å². The van der Waals surface area contributed by atoms with Gasteiger partial charge in [-0.3, -0.25) is 9.80 Å². The largest absolute Gasteiger partial charge is 0.508 e. The molecule has 4 rings (SSSR count). The van der Waals surface area contributed by atoms with E-state index in [-0.39, 0.29) is 23.7 Å². The molecule has 0 unspecified atom stereocenters. The zero-order valence-electron chi connectivity index (χ0n) is 19.2. The van der Waals surface area contributed by atoms with Crippen LogP contribution in [-0.2, 0) is 6.54 Å². The van der Waals surface area contributed by atoms with E-state index in [2.05, 4.69) is 65.2 Å². The summed E-state index contributed by atoms with van der Waals surface area (Å²) in [4.78, 5) is 5.02. The van der Waals surface area contributed by atoms with Crippen LogP contribution in [0.15, 0.2) is 84.0 Å². The number of oxime groups is 1. The Morgan fingerprint density at radius 1 is 0.939 bits per heavy atom. The highest BCUT2D eigenvalue weighted by Gasteiger charge is 2.35. The summed E-state index contributed by atoms with van der Waals surface area (Å²) in [7, 11) is 0. The minimum Gasteiger partial charge on any atom is -0.508 e. The highest BCUT2D eigenvalue weighted by Crippen LogP contribution is 2.35. The molecule has 0 aliphatic carbocycles. The van der Waals surface area contributed by atoms with E-state index in [1.54, 1.807) is 6.07 Å². The summed E-state index contributed by atoms with van der Waals surface area (Å²) >= 11 is 0. The minimum absolute atomic E-state index is 0.0696. The van der Waals surface area contributed by atoms with Crippen molar-refractivity contribution in [1.82, 2.24) is 9.80 Å². The molecule has 0 bridgehead atoms. The van der Waals surface area contributed by atoms with Gasteiger partial charge in [0, 0.05) is 37.3 Å². The van der Waals surface area contributed by atoms with Crippen LogP contribution in [-0.4, -0.2) is 51.1 Å². The molecule has 0 saturated carbocycles. The summed E-state index contributed by atoms with van der Waals surface area (Å²) < 4.78 is 0. The lowest BCUT2D eigenvalue weighted by molar-refractivity contribution is 0.0195. The zero-order chi connectivity index (χ0) is 23.4. The summed E-state index contributed by atoms with van der Waals surface area (Å²) in [6, 6.07) is 26.4. The number of nitrogens with two attached hydrogens (primary N) is 1. The molecule has 6 heteroatoms. The summed E-state index contributed by atoms with van der Waals surface area (Å²) in [5.41, 5.74) is 9.93. The van der Waals surface area contributed by atoms with E-state index in [9.17, 15) is 5.11 Å². The Hall–Kier alpha value is -3.35. The fourth-order valence-corrected chi connectivity index (χ4v) is 4.82. The van der Waals surface area contributed by atoms with Crippen LogP contribution < -0.4 is 5.73 Å². The Kier molecular flexibility index (Phi) is 6.96. The van der Waals surface area contributed by atoms with E-state index in [0.29, 0.717) is 11.6 Å². The van der Waals surface area contributed by atoms with Gasteiger partial charge in [-0.1, -0.05) is 65.8 Å². The van der Waals surface area contributed by atoms with Gasteiger partial charge >= 0.3 is 0 Å². The molecule has 172 valence electrons. The molecule has 1 fully saturated rings. The summed E-state index contributed by atoms with van der Waals surface area (Å²) in [5.74, 6) is 0.328. The predicted octanol–water partition coefficient (Wildman–Crippen LogP) is 4.17. The van der Waals surface area contributed by atoms with Crippen LogP contribution in [0.4, 0.5) is 0 Å². The molecule has 1 aliphatic rings. The van der Waals surface area contributed by atoms with E-state index in [0.717, 1.165) is 30.8 Å². The molecule has 3 atom stereocenters. The van der Waals surface area contributed by atoms with Gasteiger partial charge in [-0.2, -0.15) is 0 Å². The van der Waals surface area contributed by atoms with Crippen LogP contribution in [0.3, 0.4) is 0 Å². The van der Waals surface area contributed by atoms with Gasteiger partial charge in [0.1, 0.15) is 5.75 Å². The number of hydrogen-bond donors (Lipinski definition) is 3. The fourth-order valence-electron chi connectivity index (χ4n) is 4.82. The van der Waals surface area contributed by atoms with Crippen molar-refractivity contribution in [2.75, 3.05) is 13.1 Å². The van der Waals surface area contributed by atoms with Gasteiger partial charge in [-0.25, -0.2) is 0 Å². The Morgan fingerprint density at radius 2 is 1.64 bits per heavy atom. The van der Waals surface area contributed by atoms with Crippen LogP contribution in [0.25, 0.3) is 0 Å². The average Bonchev–Trinajstić information content (AvgIpc) is 2.82. The number of aromatic hydroxyl groups is 1. The normalized spacial score (nSPS) is 21.1. The Labute approximate surface area is 195 Å². The third-order valence-corrected chi connectivity index (χ3v) is 6.52. The molecule has 0 aromatic heterocycles. The van der Waals surface area contributed by atoms with Gasteiger partial charge in [0.2, 0.25) is 0 Å². The maximum Gasteiger partial charge on any atom is 0.170 e. The van der Waals surface area contributed by atoms with E-state index in [1.165, 1.54) is 5.56 Å². The van der Waals surface area contributed by atoms with E-state index < -0.39 is 0 Å². The number of hydrogen-bond acceptors (Lipinski definition) is 5. The molecule has 3 aromatic rings. The molecule has 0 amide bonds. The topological polar surface area (TPSA) is 85.3 Å². The van der Waals surface area contributed by atoms with E-state index in [1.807, 2.05) is 36.4 Å². The third-order valence-electron chi connectivity index (χ3n) is 6.52. The summed E-state index contributed by atoms with van der Waals surface area (Å²) in [6.45, 7) is 7.27. The molecule has 0 spiro atoms. The number of nitrogens with zero attached hydrogens (tertiary/aromatic N) is 3. The molecular weight excluding hydrogens is 412 g/mol. The number of benzene rings is 3. The van der Waals surface area contributed by atoms with Crippen molar-refractivity contribution in [3.05, 3.63) is 101 Å². The van der Waals surface area contributed by atoms with Gasteiger partial charge < -0.3 is 16.0 Å². The highest BCUT2D eigenvalue weighted by atomic mass is 16.4. The standard InChI is InChI=1S/C27H32N4O2/c1-19-17-31(20(2)16-30(19)18-21-8-4-3-5-9-21)26(23-11-7-13-25(32)15-23)22-10-6-12-24(14-22)27(28)29-33/h3-15,19-20,26,32-33H,16-18H2,1-2H3,(H2,28,29)/t19-,20+,26-/m1/s1. The first-order valence-electron chi connectivity index (χ1n) is 11.4. The van der Waals surface area contributed by atoms with E-state index in [4.69, 9.17) is 10.9 Å². The molecule has 0 radical (unpaired) electrons. The zero-order valence-corrected chi connectivity index (χ0v) is 19.2. The van der Waals surface area contributed by atoms with Gasteiger partial charge in [-0.05, 0) is 48.7 Å². The molecule has 4 N–H and O–H groups in total. The monoisotopic (exact) mass is 444 g/mol. The van der Waals surface area contributed by atoms with Crippen LogP contribution >= 0.6 is 0 Å². The highest BCUT2D eigenvalue weighted by molar-refractivity contribution is 5.97. The first kappa shape index (κ1) is 22.8. The first-order valence-corrected chi connectivity index (χ1v) is 11.4. The molecule has 1 heterocycles. The smallest absolute Gasteiger partial charge is 0.170 e. The van der Waals surface area contributed by atoms with E-state index >= 15 is 0 Å². The van der Waals surface area contributed by atoms with Crippen molar-refractivity contribution in [2.45, 2.75) is 38.5 Å². The lowest BCUT2D eigenvalue weighted by atomic mass is 9.92. The second-order valence-corrected chi connectivity index (χ2v) is 8.92. The molecule has 3 aromatic carbocycles. The predicted molar refractivity (Wildman–Crippen MR) is 131 cm³/mol. The van der Waals surface area contributed by atoms with Crippen molar-refractivity contribution < 1.29 is 10.3 Å². The number of rotatable bonds is 6. The number of amidine groups is 1. The SMILES string of the molecule is C[C@@H]1CN([C@@H](c2cccc(O)c2)c2cccc(C(N)=NO)c2)[C@@H](C)CN1Cc1ccccc1. The van der Waals surface area contributed by atoms with Crippen molar-refractivity contribution in [2.24, 2.45) is 10.9 Å². The summed E-state index contributed by atoms with van der Waals surface area (Å²) in [6.07, 6.45) is 0. The fraction of sp³-hybridized carbons (Fsp3) is 0.296. The van der Waals surface area contributed by atoms with Crippen LogP contribution in [0.2, 0.25) is 0 Å². The first-order chi connectivity index (χ1) is 16.0. The van der Waals surface area contributed by atoms with Crippen LogP contribution in [0, 0.1) is 0 Å². The molecule has 33 heavy (non-hydrogen) atoms. The van der Waals surface area contributed by atoms with Gasteiger partial charge in [0.25, 0.3) is 0 Å². The van der Waals surface area contributed by atoms with Crippen molar-refractivity contribution in [1.29, 1.82) is 0 Å². The maximum atomic E-state index is 10.2. The third kappa shape index (κ3) is 5.18. The molecule has 6 nitrogen and oxygen atoms in total. The Bertz CT molecular complexity index is 1100. The van der Waals surface area contributed by atoms with Crippen molar-refractivity contribution in [3.63, 3.8) is 0 Å². The number of phenols is 1. The molecule has 1 aliphatic heterocycles. The minimum atomic E-state index is -0.0696. The molecular formula is C27H32N4O2. The van der Waals surface area contributed by atoms with Crippen LogP contribution in [0.1, 0.15) is 42.1 Å². The second kappa shape index (κ2) is 10.1. The van der Waals surface area contributed by atoms with Gasteiger partial charge in [-0.15, -0.1) is 0 Å². The second-order valence-electron chi connectivity index (χ2n) is 8.92. The lowest BCUT2D eigenvalue weighted by Gasteiger charge is -2.47. The quantitative estimate of drug-likeness (QED) is 0.230. The molecule has 1 saturated heterocycles. The van der Waals surface area contributed by atoms with Gasteiger partial charge in [0.05, 0.1) is 6.04 Å².